The minimum atomic E-state index is -4.38. The quantitative estimate of drug-likeness (QED) is 0.342. The molecule has 10 heteroatoms. The third-order valence-corrected chi connectivity index (χ3v) is 6.27. The largest absolute Gasteiger partial charge is 0.479 e. The Hall–Kier alpha value is -3.69. The van der Waals surface area contributed by atoms with Crippen LogP contribution in [0.1, 0.15) is 49.8 Å². The van der Waals surface area contributed by atoms with Gasteiger partial charge in [0, 0.05) is 12.7 Å². The van der Waals surface area contributed by atoms with Gasteiger partial charge in [0.1, 0.15) is 17.2 Å². The highest BCUT2D eigenvalue weighted by Crippen LogP contribution is 2.37. The Morgan fingerprint density at radius 1 is 0.971 bits per heavy atom. The zero-order valence-electron chi connectivity index (χ0n) is 20.3. The van der Waals surface area contributed by atoms with Crippen LogP contribution in [0.4, 0.5) is 13.2 Å². The van der Waals surface area contributed by atoms with E-state index < -0.39 is 17.2 Å². The number of imidazole rings is 1. The van der Waals surface area contributed by atoms with Gasteiger partial charge in [-0.2, -0.15) is 13.2 Å². The summed E-state index contributed by atoms with van der Waals surface area (Å²) in [6, 6.07) is 8.93. The van der Waals surface area contributed by atoms with E-state index in [2.05, 4.69) is 15.1 Å². The SMILES string of the molecule is CCn1nc(-c2ccc(-n3cnc(C)c3)c(OC)n2)nc1C(C)(CC)c1ccc(C(F)(F)F)cc1. The Bertz CT molecular complexity index is 1330. The first kappa shape index (κ1) is 24.4. The highest BCUT2D eigenvalue weighted by Gasteiger charge is 2.35. The highest BCUT2D eigenvalue weighted by molar-refractivity contribution is 5.56. The number of benzene rings is 1. The number of aromatic nitrogens is 6. The number of pyridine rings is 1. The Balaban J connectivity index is 1.76. The van der Waals surface area contributed by atoms with Crippen molar-refractivity contribution in [2.75, 3.05) is 7.11 Å². The van der Waals surface area contributed by atoms with Crippen LogP contribution in [-0.2, 0) is 18.1 Å². The fraction of sp³-hybridized carbons (Fsp3) is 0.360. The second-order valence-corrected chi connectivity index (χ2v) is 8.48. The van der Waals surface area contributed by atoms with Crippen LogP contribution in [0.25, 0.3) is 17.2 Å². The Kier molecular flexibility index (Phi) is 6.40. The smallest absolute Gasteiger partial charge is 0.416 e. The van der Waals surface area contributed by atoms with E-state index in [4.69, 9.17) is 9.72 Å². The molecular formula is C25H27F3N6O. The highest BCUT2D eigenvalue weighted by atomic mass is 19.4. The predicted molar refractivity (Wildman–Crippen MR) is 126 cm³/mol. The number of alkyl halides is 3. The zero-order chi connectivity index (χ0) is 25.4. The van der Waals surface area contributed by atoms with Gasteiger partial charge in [0.05, 0.1) is 30.1 Å². The van der Waals surface area contributed by atoms with Crippen LogP contribution in [0.2, 0.25) is 0 Å². The van der Waals surface area contributed by atoms with E-state index in [1.165, 1.54) is 12.1 Å². The second kappa shape index (κ2) is 9.16. The van der Waals surface area contributed by atoms with Gasteiger partial charge in [0.2, 0.25) is 5.88 Å². The topological polar surface area (TPSA) is 70.7 Å². The number of ether oxygens (including phenoxy) is 1. The molecule has 35 heavy (non-hydrogen) atoms. The molecule has 4 rings (SSSR count). The summed E-state index contributed by atoms with van der Waals surface area (Å²) in [7, 11) is 1.54. The molecule has 0 aliphatic carbocycles. The van der Waals surface area contributed by atoms with Crippen molar-refractivity contribution in [1.82, 2.24) is 29.3 Å². The lowest BCUT2D eigenvalue weighted by Gasteiger charge is -2.28. The van der Waals surface area contributed by atoms with Gasteiger partial charge in [0.15, 0.2) is 5.82 Å². The zero-order valence-corrected chi connectivity index (χ0v) is 20.3. The summed E-state index contributed by atoms with van der Waals surface area (Å²) in [5, 5.41) is 4.67. The fourth-order valence-electron chi connectivity index (χ4n) is 4.06. The number of halogens is 3. The van der Waals surface area contributed by atoms with E-state index in [-0.39, 0.29) is 0 Å². The maximum absolute atomic E-state index is 13.1. The molecule has 3 heterocycles. The van der Waals surface area contributed by atoms with Crippen LogP contribution in [0.5, 0.6) is 5.88 Å². The van der Waals surface area contributed by atoms with E-state index in [1.54, 1.807) is 18.1 Å². The van der Waals surface area contributed by atoms with E-state index in [0.717, 1.165) is 29.1 Å². The molecule has 7 nitrogen and oxygen atoms in total. The molecule has 0 radical (unpaired) electrons. The fourth-order valence-corrected chi connectivity index (χ4v) is 4.06. The maximum Gasteiger partial charge on any atom is 0.416 e. The van der Waals surface area contributed by atoms with Crippen molar-refractivity contribution >= 4 is 0 Å². The van der Waals surface area contributed by atoms with Crippen molar-refractivity contribution in [3.8, 4) is 23.1 Å². The minimum Gasteiger partial charge on any atom is -0.479 e. The number of nitrogens with zero attached hydrogens (tertiary/aromatic N) is 6. The van der Waals surface area contributed by atoms with Crippen LogP contribution in [0.3, 0.4) is 0 Å². The van der Waals surface area contributed by atoms with Gasteiger partial charge in [0.25, 0.3) is 0 Å². The van der Waals surface area contributed by atoms with Crippen molar-refractivity contribution < 1.29 is 17.9 Å². The molecule has 0 spiro atoms. The summed E-state index contributed by atoms with van der Waals surface area (Å²) in [5.41, 5.74) is 1.53. The molecule has 0 saturated carbocycles. The minimum absolute atomic E-state index is 0.398. The molecule has 0 saturated heterocycles. The van der Waals surface area contributed by atoms with Gasteiger partial charge in [-0.3, -0.25) is 0 Å². The van der Waals surface area contributed by atoms with Gasteiger partial charge < -0.3 is 9.30 Å². The molecular weight excluding hydrogens is 457 g/mol. The van der Waals surface area contributed by atoms with Crippen LogP contribution in [0.15, 0.2) is 48.9 Å². The number of rotatable bonds is 7. The van der Waals surface area contributed by atoms with Gasteiger partial charge in [-0.1, -0.05) is 19.1 Å². The molecule has 0 fully saturated rings. The van der Waals surface area contributed by atoms with Gasteiger partial charge in [-0.25, -0.2) is 19.6 Å². The van der Waals surface area contributed by atoms with Crippen LogP contribution in [-0.4, -0.2) is 36.4 Å². The van der Waals surface area contributed by atoms with E-state index in [1.807, 2.05) is 50.6 Å². The molecule has 0 bridgehead atoms. The molecule has 4 aromatic rings. The number of aryl methyl sites for hydroxylation is 2. The lowest BCUT2D eigenvalue weighted by atomic mass is 9.79. The number of hydrogen-bond acceptors (Lipinski definition) is 5. The van der Waals surface area contributed by atoms with Crippen molar-refractivity contribution in [2.45, 2.75) is 52.3 Å². The van der Waals surface area contributed by atoms with Crippen LogP contribution in [0, 0.1) is 6.92 Å². The molecule has 0 N–H and O–H groups in total. The van der Waals surface area contributed by atoms with Gasteiger partial charge in [-0.15, -0.1) is 5.10 Å². The number of hydrogen-bond donors (Lipinski definition) is 0. The van der Waals surface area contributed by atoms with Crippen molar-refractivity contribution in [3.05, 3.63) is 71.6 Å². The van der Waals surface area contributed by atoms with Gasteiger partial charge >= 0.3 is 6.18 Å². The van der Waals surface area contributed by atoms with Gasteiger partial charge in [-0.05, 0) is 57.0 Å². The summed E-state index contributed by atoms with van der Waals surface area (Å²) in [4.78, 5) is 13.7. The lowest BCUT2D eigenvalue weighted by molar-refractivity contribution is -0.137. The molecule has 0 amide bonds. The van der Waals surface area contributed by atoms with Crippen LogP contribution < -0.4 is 4.74 Å². The Morgan fingerprint density at radius 3 is 2.20 bits per heavy atom. The predicted octanol–water partition coefficient (Wildman–Crippen LogP) is 5.60. The van der Waals surface area contributed by atoms with Crippen molar-refractivity contribution in [2.24, 2.45) is 0 Å². The summed E-state index contributed by atoms with van der Waals surface area (Å²) in [5.74, 6) is 1.47. The summed E-state index contributed by atoms with van der Waals surface area (Å²) in [6.45, 7) is 8.34. The summed E-state index contributed by atoms with van der Waals surface area (Å²) in [6.07, 6.45) is -0.207. The molecule has 0 aliphatic heterocycles. The van der Waals surface area contributed by atoms with E-state index >= 15 is 0 Å². The normalized spacial score (nSPS) is 13.6. The van der Waals surface area contributed by atoms with Crippen molar-refractivity contribution in [1.29, 1.82) is 0 Å². The third-order valence-electron chi connectivity index (χ3n) is 6.27. The molecule has 3 aromatic heterocycles. The van der Waals surface area contributed by atoms with E-state index in [0.29, 0.717) is 36.2 Å². The standard InChI is InChI=1S/C25H27F3N6O/c1-6-24(4,17-8-10-18(11-9-17)25(26,27)28)23-31-21(32-34(23)7-2)19-12-13-20(22(30-19)35-5)33-14-16(3)29-15-33/h8-15H,6-7H2,1-5H3. The first-order chi connectivity index (χ1) is 16.6. The first-order valence-electron chi connectivity index (χ1n) is 11.3. The third kappa shape index (κ3) is 4.52. The molecule has 1 unspecified atom stereocenters. The Labute approximate surface area is 201 Å². The summed E-state index contributed by atoms with van der Waals surface area (Å²) >= 11 is 0. The number of methoxy groups -OCH3 is 1. The average Bonchev–Trinajstić information content (AvgIpc) is 3.49. The average molecular weight is 485 g/mol. The first-order valence-corrected chi connectivity index (χ1v) is 11.3. The van der Waals surface area contributed by atoms with Crippen LogP contribution >= 0.6 is 0 Å². The van der Waals surface area contributed by atoms with Crippen molar-refractivity contribution in [3.63, 3.8) is 0 Å². The molecule has 1 aromatic carbocycles. The molecule has 1 atom stereocenters. The second-order valence-electron chi connectivity index (χ2n) is 8.48. The monoisotopic (exact) mass is 484 g/mol. The lowest BCUT2D eigenvalue weighted by Crippen LogP contribution is -2.28. The maximum atomic E-state index is 13.1. The Morgan fingerprint density at radius 2 is 1.66 bits per heavy atom. The van der Waals surface area contributed by atoms with E-state index in [9.17, 15) is 13.2 Å². The summed E-state index contributed by atoms with van der Waals surface area (Å²) < 4.78 is 48.4. The molecule has 184 valence electrons. The molecule has 0 aliphatic rings.